The van der Waals surface area contributed by atoms with E-state index >= 15 is 0 Å². The Morgan fingerprint density at radius 3 is 2.35 bits per heavy atom. The van der Waals surface area contributed by atoms with Crippen molar-refractivity contribution in [2.45, 2.75) is 57.9 Å². The maximum atomic E-state index is 5.57. The Kier molecular flexibility index (Phi) is 5.41. The van der Waals surface area contributed by atoms with Crippen LogP contribution in [-0.4, -0.2) is 12.0 Å². The molecule has 1 aliphatic carbocycles. The molecule has 110 valence electrons. The average Bonchev–Trinajstić information content (AvgIpc) is 2.48. The van der Waals surface area contributed by atoms with Crippen LogP contribution in [0.4, 0.5) is 5.69 Å². The molecule has 1 aliphatic rings. The molecule has 4 N–H and O–H groups in total. The van der Waals surface area contributed by atoms with E-state index in [1.807, 2.05) is 0 Å². The van der Waals surface area contributed by atoms with Crippen LogP contribution in [0.25, 0.3) is 0 Å². The Morgan fingerprint density at radius 1 is 1.15 bits per heavy atom. The van der Waals surface area contributed by atoms with Crippen LogP contribution in [0.15, 0.2) is 29.3 Å². The summed E-state index contributed by atoms with van der Waals surface area (Å²) in [4.78, 5) is 4.68. The summed E-state index contributed by atoms with van der Waals surface area (Å²) in [6, 6.07) is 8.83. The fraction of sp³-hybridized carbons (Fsp3) is 0.562. The number of nitrogens with zero attached hydrogens (tertiary/aromatic N) is 1. The zero-order valence-electron chi connectivity index (χ0n) is 12.5. The number of hydrogen-bond acceptors (Lipinski definition) is 2. The Morgan fingerprint density at radius 2 is 1.80 bits per heavy atom. The molecule has 0 saturated heterocycles. The summed E-state index contributed by atoms with van der Waals surface area (Å²) >= 11 is 0. The molecule has 0 amide bonds. The molecule has 2 rings (SSSR count). The van der Waals surface area contributed by atoms with E-state index in [1.54, 1.807) is 0 Å². The van der Waals surface area contributed by atoms with Gasteiger partial charge in [0.15, 0.2) is 0 Å². The van der Waals surface area contributed by atoms with Crippen LogP contribution >= 0.6 is 0 Å². The van der Waals surface area contributed by atoms with Crippen molar-refractivity contribution < 1.29 is 0 Å². The van der Waals surface area contributed by atoms with Crippen LogP contribution in [0, 0.1) is 0 Å². The van der Waals surface area contributed by atoms with Gasteiger partial charge in [-0.05, 0) is 36.5 Å². The average molecular weight is 274 g/mol. The molecule has 0 spiro atoms. The molecule has 0 aromatic heterocycles. The second-order valence-electron chi connectivity index (χ2n) is 5.82. The lowest BCUT2D eigenvalue weighted by molar-refractivity contribution is 0.442. The number of benzene rings is 1. The van der Waals surface area contributed by atoms with Crippen molar-refractivity contribution >= 4 is 11.6 Å². The highest BCUT2D eigenvalue weighted by Crippen LogP contribution is 2.21. The van der Waals surface area contributed by atoms with Crippen molar-refractivity contribution in [1.29, 1.82) is 0 Å². The van der Waals surface area contributed by atoms with E-state index < -0.39 is 0 Å². The summed E-state index contributed by atoms with van der Waals surface area (Å²) in [5.41, 5.74) is 5.02. The van der Waals surface area contributed by atoms with E-state index in [4.69, 9.17) is 5.84 Å². The molecule has 1 saturated carbocycles. The van der Waals surface area contributed by atoms with E-state index in [2.05, 4.69) is 53.8 Å². The van der Waals surface area contributed by atoms with Gasteiger partial charge < -0.3 is 5.32 Å². The second kappa shape index (κ2) is 7.29. The lowest BCUT2D eigenvalue weighted by Gasteiger charge is -2.19. The Hall–Kier alpha value is -1.55. The largest absolute Gasteiger partial charge is 0.325 e. The van der Waals surface area contributed by atoms with Gasteiger partial charge in [0.25, 0.3) is 0 Å². The van der Waals surface area contributed by atoms with Crippen LogP contribution in [0.5, 0.6) is 0 Å². The number of hydrogen-bond donors (Lipinski definition) is 3. The quantitative estimate of drug-likeness (QED) is 0.343. The smallest absolute Gasteiger partial charge is 0.210 e. The summed E-state index contributed by atoms with van der Waals surface area (Å²) in [5, 5.41) is 3.26. The van der Waals surface area contributed by atoms with Gasteiger partial charge in [0, 0.05) is 5.69 Å². The van der Waals surface area contributed by atoms with Gasteiger partial charge in [-0.15, -0.1) is 0 Å². The van der Waals surface area contributed by atoms with E-state index in [0.717, 1.165) is 5.69 Å². The number of guanidine groups is 1. The molecule has 4 heteroatoms. The van der Waals surface area contributed by atoms with Gasteiger partial charge in [-0.2, -0.15) is 0 Å². The number of rotatable bonds is 3. The van der Waals surface area contributed by atoms with Gasteiger partial charge in [0.05, 0.1) is 6.04 Å². The van der Waals surface area contributed by atoms with Crippen molar-refractivity contribution in [1.82, 2.24) is 5.43 Å². The van der Waals surface area contributed by atoms with Crippen molar-refractivity contribution in [3.63, 3.8) is 0 Å². The van der Waals surface area contributed by atoms with E-state index in [9.17, 15) is 0 Å². The van der Waals surface area contributed by atoms with E-state index in [-0.39, 0.29) is 0 Å². The first-order valence-corrected chi connectivity index (χ1v) is 7.60. The van der Waals surface area contributed by atoms with Crippen LogP contribution in [0.2, 0.25) is 0 Å². The third-order valence-electron chi connectivity index (χ3n) is 3.86. The Labute approximate surface area is 121 Å². The first kappa shape index (κ1) is 14.9. The number of nitrogens with two attached hydrogens (primary N) is 1. The lowest BCUT2D eigenvalue weighted by atomic mass is 9.96. The first-order chi connectivity index (χ1) is 9.69. The van der Waals surface area contributed by atoms with Gasteiger partial charge in [0.2, 0.25) is 5.96 Å². The molecule has 0 heterocycles. The Balaban J connectivity index is 1.99. The fourth-order valence-corrected chi connectivity index (χ4v) is 2.59. The molecule has 4 nitrogen and oxygen atoms in total. The molecular weight excluding hydrogens is 248 g/mol. The highest BCUT2D eigenvalue weighted by molar-refractivity contribution is 5.93. The third kappa shape index (κ3) is 4.23. The molecule has 1 aromatic rings. The molecule has 1 aromatic carbocycles. The molecular formula is C16H26N4. The maximum Gasteiger partial charge on any atom is 0.210 e. The SMILES string of the molecule is CC(C)c1ccc(NC(=NC2CCCCC2)NN)cc1. The summed E-state index contributed by atoms with van der Waals surface area (Å²) < 4.78 is 0. The Bertz CT molecular complexity index is 430. The van der Waals surface area contributed by atoms with Gasteiger partial charge in [0.1, 0.15) is 0 Å². The van der Waals surface area contributed by atoms with Gasteiger partial charge >= 0.3 is 0 Å². The number of hydrazine groups is 1. The molecule has 0 aliphatic heterocycles. The minimum absolute atomic E-state index is 0.400. The van der Waals surface area contributed by atoms with Crippen LogP contribution in [0.3, 0.4) is 0 Å². The van der Waals surface area contributed by atoms with Gasteiger partial charge in [-0.1, -0.05) is 45.2 Å². The predicted octanol–water partition coefficient (Wildman–Crippen LogP) is 3.37. The molecule has 0 atom stereocenters. The molecule has 1 fully saturated rings. The summed E-state index contributed by atoms with van der Waals surface area (Å²) in [6.07, 6.45) is 6.21. The number of anilines is 1. The highest BCUT2D eigenvalue weighted by Gasteiger charge is 2.13. The summed E-state index contributed by atoms with van der Waals surface area (Å²) in [5.74, 6) is 6.78. The fourth-order valence-electron chi connectivity index (χ4n) is 2.59. The molecule has 20 heavy (non-hydrogen) atoms. The zero-order chi connectivity index (χ0) is 14.4. The van der Waals surface area contributed by atoms with E-state index in [0.29, 0.717) is 17.9 Å². The van der Waals surface area contributed by atoms with Crippen molar-refractivity contribution in [2.75, 3.05) is 5.32 Å². The van der Waals surface area contributed by atoms with Crippen molar-refractivity contribution in [2.24, 2.45) is 10.8 Å². The number of nitrogens with one attached hydrogen (secondary N) is 2. The van der Waals surface area contributed by atoms with Crippen LogP contribution in [0.1, 0.15) is 57.4 Å². The molecule has 0 radical (unpaired) electrons. The van der Waals surface area contributed by atoms with Crippen LogP contribution < -0.4 is 16.6 Å². The lowest BCUT2D eigenvalue weighted by Crippen LogP contribution is -2.37. The van der Waals surface area contributed by atoms with Gasteiger partial charge in [-0.25, -0.2) is 10.8 Å². The predicted molar refractivity (Wildman–Crippen MR) is 85.8 cm³/mol. The third-order valence-corrected chi connectivity index (χ3v) is 3.86. The second-order valence-corrected chi connectivity index (χ2v) is 5.82. The monoisotopic (exact) mass is 274 g/mol. The molecule has 0 bridgehead atoms. The summed E-state index contributed by atoms with van der Waals surface area (Å²) in [7, 11) is 0. The minimum atomic E-state index is 0.400. The standard InChI is InChI=1S/C16H26N4/c1-12(2)13-8-10-15(11-9-13)19-16(20-17)18-14-6-4-3-5-7-14/h8-12,14H,3-7,17H2,1-2H3,(H2,18,19,20). The first-order valence-electron chi connectivity index (χ1n) is 7.60. The summed E-state index contributed by atoms with van der Waals surface area (Å²) in [6.45, 7) is 4.39. The van der Waals surface area contributed by atoms with Crippen LogP contribution in [-0.2, 0) is 0 Å². The van der Waals surface area contributed by atoms with E-state index in [1.165, 1.54) is 37.7 Å². The minimum Gasteiger partial charge on any atom is -0.325 e. The van der Waals surface area contributed by atoms with Crippen molar-refractivity contribution in [3.05, 3.63) is 29.8 Å². The maximum absolute atomic E-state index is 5.57. The van der Waals surface area contributed by atoms with Gasteiger partial charge in [-0.3, -0.25) is 5.43 Å². The highest BCUT2D eigenvalue weighted by atomic mass is 15.3. The number of aliphatic imine (C=N–C) groups is 1. The zero-order valence-corrected chi connectivity index (χ0v) is 12.5. The normalized spacial score (nSPS) is 17.3. The topological polar surface area (TPSA) is 62.4 Å². The van der Waals surface area contributed by atoms with Crippen molar-refractivity contribution in [3.8, 4) is 0 Å². The molecule has 0 unspecified atom stereocenters.